The van der Waals surface area contributed by atoms with E-state index in [1.165, 1.54) is 0 Å². The van der Waals surface area contributed by atoms with Crippen molar-refractivity contribution in [3.8, 4) is 0 Å². The smallest absolute Gasteiger partial charge is 0.152 e. The molecule has 0 unspecified atom stereocenters. The first kappa shape index (κ1) is 14.5. The van der Waals surface area contributed by atoms with E-state index in [0.29, 0.717) is 23.7 Å². The maximum Gasteiger partial charge on any atom is 0.152 e. The highest BCUT2D eigenvalue weighted by molar-refractivity contribution is 6.06. The Morgan fingerprint density at radius 3 is 2.46 bits per heavy atom. The summed E-state index contributed by atoms with van der Waals surface area (Å²) in [6.45, 7) is 0.400. The van der Waals surface area contributed by atoms with Gasteiger partial charge in [0.15, 0.2) is 5.82 Å². The Labute approximate surface area is 138 Å². The summed E-state index contributed by atoms with van der Waals surface area (Å²) in [7, 11) is 0. The molecule has 0 aliphatic rings. The number of fused-ring (bicyclic) bond motifs is 3. The largest absolute Gasteiger partial charge is 0.399 e. The summed E-state index contributed by atoms with van der Waals surface area (Å²) < 4.78 is 1.99. The molecule has 2 aromatic heterocycles. The van der Waals surface area contributed by atoms with Crippen LogP contribution in [0.4, 0.5) is 11.5 Å². The average Bonchev–Trinajstić information content (AvgIpc) is 2.96. The molecule has 120 valence electrons. The van der Waals surface area contributed by atoms with Gasteiger partial charge in [0.25, 0.3) is 0 Å². The minimum Gasteiger partial charge on any atom is -0.399 e. The molecule has 5 N–H and O–H groups in total. The van der Waals surface area contributed by atoms with Crippen LogP contribution in [-0.4, -0.2) is 19.6 Å². The van der Waals surface area contributed by atoms with E-state index in [0.717, 1.165) is 27.7 Å². The first-order valence-electron chi connectivity index (χ1n) is 7.66. The van der Waals surface area contributed by atoms with Gasteiger partial charge in [-0.25, -0.2) is 9.97 Å². The SMILES string of the molecule is Nc1ccc(Cn2c(CO)nc3c(N)nc4ccccc4c32)cc1. The monoisotopic (exact) mass is 319 g/mol. The molecule has 0 atom stereocenters. The van der Waals surface area contributed by atoms with Crippen molar-refractivity contribution in [3.05, 3.63) is 59.9 Å². The molecule has 0 fully saturated rings. The quantitative estimate of drug-likeness (QED) is 0.503. The number of anilines is 2. The van der Waals surface area contributed by atoms with E-state index in [4.69, 9.17) is 11.5 Å². The van der Waals surface area contributed by atoms with Gasteiger partial charge in [-0.1, -0.05) is 30.3 Å². The Hall–Kier alpha value is -3.12. The summed E-state index contributed by atoms with van der Waals surface area (Å²) in [5.74, 6) is 0.932. The molecule has 4 rings (SSSR count). The third-order valence-electron chi connectivity index (χ3n) is 4.15. The van der Waals surface area contributed by atoms with Crippen molar-refractivity contribution in [2.75, 3.05) is 11.5 Å². The predicted molar refractivity (Wildman–Crippen MR) is 95.3 cm³/mol. The zero-order chi connectivity index (χ0) is 16.7. The molecule has 0 spiro atoms. The second-order valence-electron chi connectivity index (χ2n) is 5.73. The number of pyridine rings is 1. The Morgan fingerprint density at radius 2 is 1.71 bits per heavy atom. The van der Waals surface area contributed by atoms with Crippen LogP contribution < -0.4 is 11.5 Å². The summed E-state index contributed by atoms with van der Waals surface area (Å²) >= 11 is 0. The average molecular weight is 319 g/mol. The number of nitrogens with zero attached hydrogens (tertiary/aromatic N) is 3. The maximum absolute atomic E-state index is 9.74. The van der Waals surface area contributed by atoms with Crippen molar-refractivity contribution in [1.82, 2.24) is 14.5 Å². The van der Waals surface area contributed by atoms with Crippen LogP contribution in [0.2, 0.25) is 0 Å². The lowest BCUT2D eigenvalue weighted by atomic mass is 10.1. The van der Waals surface area contributed by atoms with E-state index in [1.807, 2.05) is 53.1 Å². The summed E-state index contributed by atoms with van der Waals surface area (Å²) in [6.07, 6.45) is 0. The van der Waals surface area contributed by atoms with Gasteiger partial charge in [-0.15, -0.1) is 0 Å². The van der Waals surface area contributed by atoms with Crippen molar-refractivity contribution in [3.63, 3.8) is 0 Å². The molecule has 0 aliphatic heterocycles. The van der Waals surface area contributed by atoms with E-state index in [1.54, 1.807) is 0 Å². The van der Waals surface area contributed by atoms with Crippen molar-refractivity contribution in [2.45, 2.75) is 13.2 Å². The van der Waals surface area contributed by atoms with Gasteiger partial charge in [0.05, 0.1) is 11.0 Å². The molecule has 0 amide bonds. The number of imidazole rings is 1. The zero-order valence-corrected chi connectivity index (χ0v) is 13.0. The fourth-order valence-electron chi connectivity index (χ4n) is 3.00. The summed E-state index contributed by atoms with van der Waals surface area (Å²) in [4.78, 5) is 8.91. The molecule has 0 saturated carbocycles. The standard InChI is InChI=1S/C18H17N5O/c19-12-7-5-11(6-8-12)9-23-15(10-24)22-16-17(23)13-3-1-2-4-14(13)21-18(16)20/h1-8,24H,9-10,19H2,(H2,20,21). The number of aliphatic hydroxyl groups excluding tert-OH is 1. The van der Waals surface area contributed by atoms with Crippen molar-refractivity contribution in [2.24, 2.45) is 0 Å². The van der Waals surface area contributed by atoms with Gasteiger partial charge in [0, 0.05) is 17.6 Å². The Bertz CT molecular complexity index is 1040. The first-order valence-corrected chi connectivity index (χ1v) is 7.66. The minimum absolute atomic E-state index is 0.169. The van der Waals surface area contributed by atoms with E-state index >= 15 is 0 Å². The Balaban J connectivity index is 2.00. The Kier molecular flexibility index (Phi) is 3.32. The van der Waals surface area contributed by atoms with Gasteiger partial charge < -0.3 is 21.1 Å². The molecule has 6 nitrogen and oxygen atoms in total. The number of hydrogen-bond donors (Lipinski definition) is 3. The van der Waals surface area contributed by atoms with Crippen LogP contribution >= 0.6 is 0 Å². The van der Waals surface area contributed by atoms with Crippen LogP contribution in [-0.2, 0) is 13.2 Å². The molecular weight excluding hydrogens is 302 g/mol. The van der Waals surface area contributed by atoms with Crippen LogP contribution in [0.1, 0.15) is 11.4 Å². The van der Waals surface area contributed by atoms with Gasteiger partial charge >= 0.3 is 0 Å². The second-order valence-corrected chi connectivity index (χ2v) is 5.73. The summed E-state index contributed by atoms with van der Waals surface area (Å²) in [5.41, 5.74) is 15.9. The normalized spacial score (nSPS) is 11.4. The van der Waals surface area contributed by atoms with Gasteiger partial charge in [-0.05, 0) is 23.8 Å². The van der Waals surface area contributed by atoms with E-state index in [9.17, 15) is 5.11 Å². The topological polar surface area (TPSA) is 103 Å². The molecule has 24 heavy (non-hydrogen) atoms. The minimum atomic E-state index is -0.169. The van der Waals surface area contributed by atoms with Crippen molar-refractivity contribution in [1.29, 1.82) is 0 Å². The van der Waals surface area contributed by atoms with Gasteiger partial charge in [-0.2, -0.15) is 0 Å². The van der Waals surface area contributed by atoms with Gasteiger partial charge in [-0.3, -0.25) is 0 Å². The van der Waals surface area contributed by atoms with E-state index < -0.39 is 0 Å². The molecule has 2 heterocycles. The van der Waals surface area contributed by atoms with Gasteiger partial charge in [0.2, 0.25) is 0 Å². The van der Waals surface area contributed by atoms with Crippen LogP contribution in [0.3, 0.4) is 0 Å². The molecule has 0 radical (unpaired) electrons. The number of nitrogen functional groups attached to an aromatic ring is 2. The van der Waals surface area contributed by atoms with Crippen molar-refractivity contribution >= 4 is 33.4 Å². The summed E-state index contributed by atoms with van der Waals surface area (Å²) in [5, 5.41) is 10.7. The number of aliphatic hydroxyl groups is 1. The molecular formula is C18H17N5O. The van der Waals surface area contributed by atoms with Gasteiger partial charge in [0.1, 0.15) is 17.9 Å². The van der Waals surface area contributed by atoms with Crippen LogP contribution in [0.15, 0.2) is 48.5 Å². The molecule has 4 aromatic rings. The number of rotatable bonds is 3. The highest BCUT2D eigenvalue weighted by Crippen LogP contribution is 2.29. The third-order valence-corrected chi connectivity index (χ3v) is 4.15. The molecule has 0 bridgehead atoms. The lowest BCUT2D eigenvalue weighted by Crippen LogP contribution is -2.05. The lowest BCUT2D eigenvalue weighted by Gasteiger charge is -2.10. The molecule has 6 heteroatoms. The number of aromatic nitrogens is 3. The van der Waals surface area contributed by atoms with Crippen LogP contribution in [0, 0.1) is 0 Å². The van der Waals surface area contributed by atoms with Crippen LogP contribution in [0.5, 0.6) is 0 Å². The fourth-order valence-corrected chi connectivity index (χ4v) is 3.00. The fraction of sp³-hybridized carbons (Fsp3) is 0.111. The van der Waals surface area contributed by atoms with Crippen molar-refractivity contribution < 1.29 is 5.11 Å². The molecule has 0 saturated heterocycles. The Morgan fingerprint density at radius 1 is 0.958 bits per heavy atom. The maximum atomic E-state index is 9.74. The number of hydrogen-bond acceptors (Lipinski definition) is 5. The number of para-hydroxylation sites is 1. The number of nitrogens with two attached hydrogens (primary N) is 2. The second kappa shape index (κ2) is 5.50. The van der Waals surface area contributed by atoms with E-state index in [-0.39, 0.29) is 6.61 Å². The molecule has 2 aromatic carbocycles. The molecule has 0 aliphatic carbocycles. The highest BCUT2D eigenvalue weighted by Gasteiger charge is 2.16. The first-order chi connectivity index (χ1) is 11.7. The number of benzene rings is 2. The zero-order valence-electron chi connectivity index (χ0n) is 13.0. The predicted octanol–water partition coefficient (Wildman–Crippen LogP) is 2.29. The lowest BCUT2D eigenvalue weighted by molar-refractivity contribution is 0.267. The highest BCUT2D eigenvalue weighted by atomic mass is 16.3. The summed E-state index contributed by atoms with van der Waals surface area (Å²) in [6, 6.07) is 15.5. The van der Waals surface area contributed by atoms with Crippen LogP contribution in [0.25, 0.3) is 21.9 Å². The third kappa shape index (κ3) is 2.24. The van der Waals surface area contributed by atoms with E-state index in [2.05, 4.69) is 9.97 Å².